The SMILES string of the molecule is C=CC(=O)OCOC(=O)CC(CC)C(=O)OCOC(=O)C=C. The molecule has 0 radical (unpaired) electrons. The molecule has 1 unspecified atom stereocenters. The summed E-state index contributed by atoms with van der Waals surface area (Å²) in [6.45, 7) is 6.90. The van der Waals surface area contributed by atoms with Crippen molar-refractivity contribution in [1.82, 2.24) is 0 Å². The predicted octanol–water partition coefficient (Wildman–Crippen LogP) is 0.862. The zero-order valence-corrected chi connectivity index (χ0v) is 12.2. The third-order valence-electron chi connectivity index (χ3n) is 2.40. The van der Waals surface area contributed by atoms with Gasteiger partial charge in [-0.15, -0.1) is 0 Å². The minimum absolute atomic E-state index is 0.254. The molecule has 0 aromatic rings. The molecular weight excluding hydrogens is 296 g/mol. The highest BCUT2D eigenvalue weighted by Crippen LogP contribution is 2.12. The third kappa shape index (κ3) is 8.51. The molecule has 0 fully saturated rings. The molecule has 0 saturated carbocycles. The van der Waals surface area contributed by atoms with Crippen molar-refractivity contribution in [2.24, 2.45) is 5.92 Å². The Morgan fingerprint density at radius 2 is 1.41 bits per heavy atom. The zero-order chi connectivity index (χ0) is 17.0. The van der Waals surface area contributed by atoms with E-state index in [4.69, 9.17) is 4.74 Å². The topological polar surface area (TPSA) is 105 Å². The molecule has 0 rings (SSSR count). The maximum absolute atomic E-state index is 11.7. The van der Waals surface area contributed by atoms with Crippen molar-refractivity contribution in [1.29, 1.82) is 0 Å². The lowest BCUT2D eigenvalue weighted by atomic mass is 10.0. The first-order valence-corrected chi connectivity index (χ1v) is 6.35. The van der Waals surface area contributed by atoms with E-state index in [0.29, 0.717) is 6.42 Å². The maximum Gasteiger partial charge on any atom is 0.333 e. The van der Waals surface area contributed by atoms with Crippen molar-refractivity contribution >= 4 is 23.9 Å². The van der Waals surface area contributed by atoms with Gasteiger partial charge in [-0.25, -0.2) is 9.59 Å². The van der Waals surface area contributed by atoms with Crippen LogP contribution in [-0.4, -0.2) is 37.5 Å². The fraction of sp³-hybridized carbons (Fsp3) is 0.429. The van der Waals surface area contributed by atoms with Crippen LogP contribution >= 0.6 is 0 Å². The van der Waals surface area contributed by atoms with E-state index in [1.54, 1.807) is 6.92 Å². The minimum Gasteiger partial charge on any atom is -0.428 e. The van der Waals surface area contributed by atoms with E-state index in [0.717, 1.165) is 12.2 Å². The van der Waals surface area contributed by atoms with Gasteiger partial charge < -0.3 is 18.9 Å². The largest absolute Gasteiger partial charge is 0.428 e. The molecule has 0 aliphatic carbocycles. The van der Waals surface area contributed by atoms with Crippen LogP contribution in [0.5, 0.6) is 0 Å². The first kappa shape index (κ1) is 19.4. The summed E-state index contributed by atoms with van der Waals surface area (Å²) in [5.41, 5.74) is 0. The van der Waals surface area contributed by atoms with E-state index >= 15 is 0 Å². The van der Waals surface area contributed by atoms with Crippen LogP contribution in [0.1, 0.15) is 19.8 Å². The zero-order valence-electron chi connectivity index (χ0n) is 12.2. The second kappa shape index (κ2) is 11.1. The number of carbonyl (C=O) groups is 4. The van der Waals surface area contributed by atoms with Gasteiger partial charge in [-0.1, -0.05) is 20.1 Å². The normalized spacial score (nSPS) is 10.8. The van der Waals surface area contributed by atoms with Gasteiger partial charge in [-0.05, 0) is 6.42 Å². The van der Waals surface area contributed by atoms with Crippen molar-refractivity contribution in [3.63, 3.8) is 0 Å². The second-order valence-electron chi connectivity index (χ2n) is 3.86. The van der Waals surface area contributed by atoms with Crippen LogP contribution in [0.4, 0.5) is 0 Å². The van der Waals surface area contributed by atoms with E-state index in [9.17, 15) is 19.2 Å². The van der Waals surface area contributed by atoms with Crippen LogP contribution in [0.3, 0.4) is 0 Å². The molecule has 0 bridgehead atoms. The summed E-state index contributed by atoms with van der Waals surface area (Å²) >= 11 is 0. The monoisotopic (exact) mass is 314 g/mol. The number of esters is 4. The summed E-state index contributed by atoms with van der Waals surface area (Å²) in [4.78, 5) is 44.6. The summed E-state index contributed by atoms with van der Waals surface area (Å²) in [5.74, 6) is -3.67. The molecule has 0 aliphatic rings. The highest BCUT2D eigenvalue weighted by molar-refractivity contribution is 5.82. The molecule has 8 heteroatoms. The Morgan fingerprint density at radius 1 is 0.909 bits per heavy atom. The molecule has 22 heavy (non-hydrogen) atoms. The number of hydrogen-bond acceptors (Lipinski definition) is 8. The standard InChI is InChI=1S/C14H18O8/c1-4-10(14(18)22-9-20-12(16)6-3)7-13(17)21-8-19-11(15)5-2/h5-6,10H,2-4,7-9H2,1H3. The van der Waals surface area contributed by atoms with Crippen molar-refractivity contribution in [2.75, 3.05) is 13.6 Å². The summed E-state index contributed by atoms with van der Waals surface area (Å²) in [6, 6.07) is 0. The third-order valence-corrected chi connectivity index (χ3v) is 2.40. The van der Waals surface area contributed by atoms with Gasteiger partial charge in [0.15, 0.2) is 0 Å². The Morgan fingerprint density at radius 3 is 1.86 bits per heavy atom. The van der Waals surface area contributed by atoms with Crippen molar-refractivity contribution in [3.8, 4) is 0 Å². The molecule has 122 valence electrons. The second-order valence-corrected chi connectivity index (χ2v) is 3.86. The van der Waals surface area contributed by atoms with Gasteiger partial charge in [0.2, 0.25) is 13.6 Å². The summed E-state index contributed by atoms with van der Waals surface area (Å²) in [7, 11) is 0. The molecule has 1 atom stereocenters. The van der Waals surface area contributed by atoms with Gasteiger partial charge >= 0.3 is 23.9 Å². The van der Waals surface area contributed by atoms with Crippen molar-refractivity contribution in [2.45, 2.75) is 19.8 Å². The van der Waals surface area contributed by atoms with Crippen molar-refractivity contribution < 1.29 is 38.1 Å². The maximum atomic E-state index is 11.7. The van der Waals surface area contributed by atoms with E-state index in [1.807, 2.05) is 0 Å². The molecule has 0 aromatic heterocycles. The van der Waals surface area contributed by atoms with Gasteiger partial charge in [0.1, 0.15) is 0 Å². The van der Waals surface area contributed by atoms with Gasteiger partial charge in [-0.3, -0.25) is 9.59 Å². The minimum atomic E-state index is -0.759. The lowest BCUT2D eigenvalue weighted by Gasteiger charge is -2.13. The fourth-order valence-corrected chi connectivity index (χ4v) is 1.19. The Labute approximate surface area is 127 Å². The molecule has 8 nitrogen and oxygen atoms in total. The summed E-state index contributed by atoms with van der Waals surface area (Å²) in [6.07, 6.45) is 1.91. The first-order valence-electron chi connectivity index (χ1n) is 6.35. The molecule has 0 saturated heterocycles. The van der Waals surface area contributed by atoms with Crippen molar-refractivity contribution in [3.05, 3.63) is 25.3 Å². The average Bonchev–Trinajstić information content (AvgIpc) is 2.51. The van der Waals surface area contributed by atoms with E-state index in [-0.39, 0.29) is 6.42 Å². The molecule has 0 heterocycles. The number of rotatable bonds is 10. The lowest BCUT2D eigenvalue weighted by molar-refractivity contribution is -0.173. The molecule has 0 N–H and O–H groups in total. The highest BCUT2D eigenvalue weighted by atomic mass is 16.7. The van der Waals surface area contributed by atoms with Crippen LogP contribution in [0.15, 0.2) is 25.3 Å². The van der Waals surface area contributed by atoms with E-state index < -0.39 is 43.4 Å². The van der Waals surface area contributed by atoms with Crippen LogP contribution in [0, 0.1) is 5.92 Å². The Hall–Kier alpha value is -2.64. The van der Waals surface area contributed by atoms with Crippen LogP contribution in [-0.2, 0) is 38.1 Å². The molecule has 0 aliphatic heterocycles. The molecule has 0 aromatic carbocycles. The van der Waals surface area contributed by atoms with Gasteiger partial charge in [-0.2, -0.15) is 0 Å². The summed E-state index contributed by atoms with van der Waals surface area (Å²) in [5, 5.41) is 0. The number of ether oxygens (including phenoxy) is 4. The predicted molar refractivity (Wildman–Crippen MR) is 72.9 cm³/mol. The molecule has 0 spiro atoms. The molecule has 0 amide bonds. The molecular formula is C14H18O8. The van der Waals surface area contributed by atoms with Crippen LogP contribution < -0.4 is 0 Å². The smallest absolute Gasteiger partial charge is 0.333 e. The van der Waals surface area contributed by atoms with Crippen LogP contribution in [0.25, 0.3) is 0 Å². The first-order chi connectivity index (χ1) is 10.4. The number of carbonyl (C=O) groups excluding carboxylic acids is 4. The Balaban J connectivity index is 4.11. The van der Waals surface area contributed by atoms with Gasteiger partial charge in [0.25, 0.3) is 0 Å². The Kier molecular flexibility index (Phi) is 9.74. The van der Waals surface area contributed by atoms with E-state index in [1.165, 1.54) is 0 Å². The summed E-state index contributed by atoms with van der Waals surface area (Å²) < 4.78 is 18.3. The quantitative estimate of drug-likeness (QED) is 0.332. The van der Waals surface area contributed by atoms with E-state index in [2.05, 4.69) is 27.4 Å². The average molecular weight is 314 g/mol. The fourth-order valence-electron chi connectivity index (χ4n) is 1.19. The van der Waals surface area contributed by atoms with Gasteiger partial charge in [0.05, 0.1) is 12.3 Å². The Bertz CT molecular complexity index is 440. The number of hydrogen-bond donors (Lipinski definition) is 0. The van der Waals surface area contributed by atoms with Gasteiger partial charge in [0, 0.05) is 12.2 Å². The van der Waals surface area contributed by atoms with Crippen LogP contribution in [0.2, 0.25) is 0 Å². The lowest BCUT2D eigenvalue weighted by Crippen LogP contribution is -2.23. The highest BCUT2D eigenvalue weighted by Gasteiger charge is 2.23.